The van der Waals surface area contributed by atoms with Crippen molar-refractivity contribution in [2.24, 2.45) is 0 Å². The molecule has 3 nitrogen and oxygen atoms in total. The molecule has 0 atom stereocenters. The summed E-state index contributed by atoms with van der Waals surface area (Å²) in [6, 6.07) is 8.98. The second-order valence-corrected chi connectivity index (χ2v) is 8.42. The number of anilines is 2. The standard InChI is InChI=1S/C22H15F6N3S/c1-11-3-5-13(6-4-11)17-12(2)32-20-18(17)19(29-10-30-20)31-16-8-14(21(23,24)25)7-15(9-16)22(26,27)28/h3-10H,1-2H3,(H,29,30,31). The van der Waals surface area contributed by atoms with Gasteiger partial charge in [0.25, 0.3) is 0 Å². The van der Waals surface area contributed by atoms with E-state index >= 15 is 0 Å². The quantitative estimate of drug-likeness (QED) is 0.313. The van der Waals surface area contributed by atoms with Gasteiger partial charge in [-0.2, -0.15) is 26.3 Å². The minimum Gasteiger partial charge on any atom is -0.340 e. The summed E-state index contributed by atoms with van der Waals surface area (Å²) in [4.78, 5) is 9.82. The fourth-order valence-corrected chi connectivity index (χ4v) is 4.38. The lowest BCUT2D eigenvalue weighted by Crippen LogP contribution is -2.11. The maximum atomic E-state index is 13.2. The van der Waals surface area contributed by atoms with Crippen molar-refractivity contribution in [1.82, 2.24) is 9.97 Å². The van der Waals surface area contributed by atoms with Crippen LogP contribution in [0.15, 0.2) is 48.8 Å². The Morgan fingerprint density at radius 3 is 1.97 bits per heavy atom. The zero-order chi connectivity index (χ0) is 23.3. The van der Waals surface area contributed by atoms with Gasteiger partial charge in [0.15, 0.2) is 0 Å². The fourth-order valence-electron chi connectivity index (χ4n) is 3.37. The third-order valence-corrected chi connectivity index (χ3v) is 5.87. The molecular weight excluding hydrogens is 452 g/mol. The third kappa shape index (κ3) is 4.27. The van der Waals surface area contributed by atoms with Crippen LogP contribution < -0.4 is 5.32 Å². The second kappa shape index (κ2) is 7.77. The number of hydrogen-bond acceptors (Lipinski definition) is 4. The van der Waals surface area contributed by atoms with Crippen LogP contribution in [0.4, 0.5) is 37.8 Å². The Labute approximate surface area is 182 Å². The molecule has 0 aliphatic heterocycles. The van der Waals surface area contributed by atoms with Gasteiger partial charge in [-0.15, -0.1) is 11.3 Å². The van der Waals surface area contributed by atoms with Gasteiger partial charge in [0.1, 0.15) is 17.0 Å². The highest BCUT2D eigenvalue weighted by atomic mass is 32.1. The predicted molar refractivity (Wildman–Crippen MR) is 112 cm³/mol. The predicted octanol–water partition coefficient (Wildman–Crippen LogP) is 7.76. The van der Waals surface area contributed by atoms with Crippen molar-refractivity contribution in [3.63, 3.8) is 0 Å². The highest BCUT2D eigenvalue weighted by Crippen LogP contribution is 2.42. The first-order chi connectivity index (χ1) is 14.9. The van der Waals surface area contributed by atoms with Crippen molar-refractivity contribution in [1.29, 1.82) is 0 Å². The van der Waals surface area contributed by atoms with E-state index in [1.807, 2.05) is 38.1 Å². The zero-order valence-corrected chi connectivity index (χ0v) is 17.5. The lowest BCUT2D eigenvalue weighted by Gasteiger charge is -2.15. The molecule has 0 fully saturated rings. The SMILES string of the molecule is Cc1ccc(-c2c(C)sc3ncnc(Nc4cc(C(F)(F)F)cc(C(F)(F)F)c4)c23)cc1. The van der Waals surface area contributed by atoms with Gasteiger partial charge >= 0.3 is 12.4 Å². The molecule has 0 saturated heterocycles. The van der Waals surface area contributed by atoms with Crippen LogP contribution in [0, 0.1) is 13.8 Å². The summed E-state index contributed by atoms with van der Waals surface area (Å²) in [6.45, 7) is 3.81. The van der Waals surface area contributed by atoms with E-state index in [9.17, 15) is 26.3 Å². The molecule has 0 saturated carbocycles. The molecule has 0 aliphatic carbocycles. The monoisotopic (exact) mass is 467 g/mol. The molecule has 0 aliphatic rings. The van der Waals surface area contributed by atoms with Crippen molar-refractivity contribution in [2.75, 3.05) is 5.32 Å². The van der Waals surface area contributed by atoms with Crippen molar-refractivity contribution in [3.05, 3.63) is 70.4 Å². The molecule has 32 heavy (non-hydrogen) atoms. The fraction of sp³-hybridized carbons (Fsp3) is 0.182. The van der Waals surface area contributed by atoms with Gasteiger partial charge in [0.2, 0.25) is 0 Å². The average Bonchev–Trinajstić information content (AvgIpc) is 3.04. The normalized spacial score (nSPS) is 12.4. The Morgan fingerprint density at radius 2 is 1.41 bits per heavy atom. The van der Waals surface area contributed by atoms with E-state index in [1.165, 1.54) is 17.7 Å². The molecule has 10 heteroatoms. The first kappa shape index (κ1) is 22.1. The number of rotatable bonds is 3. The van der Waals surface area contributed by atoms with Gasteiger partial charge in [0.05, 0.1) is 16.5 Å². The number of nitrogens with one attached hydrogen (secondary N) is 1. The topological polar surface area (TPSA) is 37.8 Å². The second-order valence-electron chi connectivity index (χ2n) is 7.22. The molecule has 0 amide bonds. The number of thiophene rings is 1. The molecule has 0 unspecified atom stereocenters. The lowest BCUT2D eigenvalue weighted by atomic mass is 10.0. The summed E-state index contributed by atoms with van der Waals surface area (Å²) in [5, 5.41) is 3.19. The summed E-state index contributed by atoms with van der Waals surface area (Å²) in [6.07, 6.45) is -8.66. The van der Waals surface area contributed by atoms with Crippen LogP contribution in [0.5, 0.6) is 0 Å². The Hall–Kier alpha value is -3.14. The summed E-state index contributed by atoms with van der Waals surface area (Å²) < 4.78 is 79.4. The molecule has 0 spiro atoms. The van der Waals surface area contributed by atoms with Crippen molar-refractivity contribution in [2.45, 2.75) is 26.2 Å². The van der Waals surface area contributed by atoms with Gasteiger partial charge in [-0.3, -0.25) is 0 Å². The molecule has 4 aromatic rings. The van der Waals surface area contributed by atoms with E-state index in [-0.39, 0.29) is 17.6 Å². The Kier molecular flexibility index (Phi) is 5.36. The van der Waals surface area contributed by atoms with Crippen LogP contribution in [-0.2, 0) is 12.4 Å². The van der Waals surface area contributed by atoms with Crippen molar-refractivity contribution in [3.8, 4) is 11.1 Å². The number of nitrogens with zero attached hydrogens (tertiary/aromatic N) is 2. The van der Waals surface area contributed by atoms with Gasteiger partial charge in [-0.1, -0.05) is 29.8 Å². The van der Waals surface area contributed by atoms with Crippen LogP contribution in [0.3, 0.4) is 0 Å². The van der Waals surface area contributed by atoms with Crippen LogP contribution >= 0.6 is 11.3 Å². The maximum Gasteiger partial charge on any atom is 0.416 e. The number of fused-ring (bicyclic) bond motifs is 1. The van der Waals surface area contributed by atoms with E-state index in [0.717, 1.165) is 21.6 Å². The van der Waals surface area contributed by atoms with Crippen LogP contribution in [0.2, 0.25) is 0 Å². The van der Waals surface area contributed by atoms with Gasteiger partial charge < -0.3 is 5.32 Å². The maximum absolute atomic E-state index is 13.2. The molecule has 4 rings (SSSR count). The largest absolute Gasteiger partial charge is 0.416 e. The first-order valence-electron chi connectivity index (χ1n) is 9.31. The van der Waals surface area contributed by atoms with Gasteiger partial charge in [0, 0.05) is 16.1 Å². The van der Waals surface area contributed by atoms with E-state index < -0.39 is 23.5 Å². The number of benzene rings is 2. The summed E-state index contributed by atoms with van der Waals surface area (Å²) in [7, 11) is 0. The van der Waals surface area contributed by atoms with E-state index in [2.05, 4.69) is 15.3 Å². The first-order valence-corrected chi connectivity index (χ1v) is 10.1. The molecule has 2 aromatic heterocycles. The van der Waals surface area contributed by atoms with Gasteiger partial charge in [-0.25, -0.2) is 9.97 Å². The minimum atomic E-state index is -4.94. The van der Waals surface area contributed by atoms with Crippen molar-refractivity contribution < 1.29 is 26.3 Å². The lowest BCUT2D eigenvalue weighted by molar-refractivity contribution is -0.143. The number of aromatic nitrogens is 2. The zero-order valence-electron chi connectivity index (χ0n) is 16.7. The summed E-state index contributed by atoms with van der Waals surface area (Å²) in [5.41, 5.74) is -0.510. The van der Waals surface area contributed by atoms with Crippen LogP contribution in [-0.4, -0.2) is 9.97 Å². The number of halogens is 6. The van der Waals surface area contributed by atoms with Crippen LogP contribution in [0.1, 0.15) is 21.6 Å². The third-order valence-electron chi connectivity index (χ3n) is 4.85. The van der Waals surface area contributed by atoms with Crippen LogP contribution in [0.25, 0.3) is 21.3 Å². The molecular formula is C22H15F6N3S. The molecule has 2 heterocycles. The number of aryl methyl sites for hydroxylation is 2. The van der Waals surface area contributed by atoms with E-state index in [1.54, 1.807) is 0 Å². The molecule has 0 radical (unpaired) electrons. The van der Waals surface area contributed by atoms with E-state index in [4.69, 9.17) is 0 Å². The highest BCUT2D eigenvalue weighted by molar-refractivity contribution is 7.19. The summed E-state index contributed by atoms with van der Waals surface area (Å²) in [5.74, 6) is 0.127. The highest BCUT2D eigenvalue weighted by Gasteiger charge is 2.37. The minimum absolute atomic E-state index is 0.0905. The van der Waals surface area contributed by atoms with E-state index in [0.29, 0.717) is 22.3 Å². The average molecular weight is 467 g/mol. The Balaban J connectivity index is 1.88. The Morgan fingerprint density at radius 1 is 0.812 bits per heavy atom. The summed E-state index contributed by atoms with van der Waals surface area (Å²) >= 11 is 1.37. The molecule has 0 bridgehead atoms. The molecule has 2 aromatic carbocycles. The Bertz CT molecular complexity index is 1260. The molecule has 1 N–H and O–H groups in total. The molecule has 166 valence electrons. The number of alkyl halides is 6. The smallest absolute Gasteiger partial charge is 0.340 e. The van der Waals surface area contributed by atoms with Crippen molar-refractivity contribution >= 4 is 33.1 Å². The van der Waals surface area contributed by atoms with Gasteiger partial charge in [-0.05, 0) is 37.6 Å². The number of hydrogen-bond donors (Lipinski definition) is 1.